The van der Waals surface area contributed by atoms with E-state index in [2.05, 4.69) is 13.8 Å². The first-order valence-corrected chi connectivity index (χ1v) is 6.76. The first-order chi connectivity index (χ1) is 8.06. The van der Waals surface area contributed by atoms with Crippen LogP contribution < -0.4 is 0 Å². The van der Waals surface area contributed by atoms with Crippen LogP contribution in [-0.4, -0.2) is 17.3 Å². The molecule has 0 saturated heterocycles. The van der Waals surface area contributed by atoms with Gasteiger partial charge in [0, 0.05) is 0 Å². The zero-order valence-electron chi connectivity index (χ0n) is 10.0. The van der Waals surface area contributed by atoms with Gasteiger partial charge in [-0.3, -0.25) is 4.79 Å². The summed E-state index contributed by atoms with van der Waals surface area (Å²) in [6.45, 7) is 4.16. The van der Waals surface area contributed by atoms with Crippen LogP contribution >= 0.6 is 11.8 Å². The lowest BCUT2D eigenvalue weighted by molar-refractivity contribution is 0.101. The van der Waals surface area contributed by atoms with Gasteiger partial charge < -0.3 is 0 Å². The molecule has 1 nitrogen and oxygen atoms in total. The van der Waals surface area contributed by atoms with Gasteiger partial charge in [0.1, 0.15) is 11.6 Å². The van der Waals surface area contributed by atoms with Gasteiger partial charge in [0.25, 0.3) is 0 Å². The van der Waals surface area contributed by atoms with Crippen molar-refractivity contribution in [2.45, 2.75) is 20.3 Å². The number of thioether (sulfide) groups is 1. The summed E-state index contributed by atoms with van der Waals surface area (Å²) in [4.78, 5) is 11.7. The topological polar surface area (TPSA) is 17.1 Å². The Morgan fingerprint density at radius 3 is 2.47 bits per heavy atom. The molecule has 0 bridgehead atoms. The highest BCUT2D eigenvalue weighted by molar-refractivity contribution is 7.99. The summed E-state index contributed by atoms with van der Waals surface area (Å²) in [6, 6.07) is 3.47. The minimum atomic E-state index is -0.779. The number of halogens is 2. The van der Waals surface area contributed by atoms with E-state index in [-0.39, 0.29) is 5.75 Å². The number of hydrogen-bond acceptors (Lipinski definition) is 2. The second-order valence-electron chi connectivity index (χ2n) is 4.05. The summed E-state index contributed by atoms with van der Waals surface area (Å²) < 4.78 is 26.6. The van der Waals surface area contributed by atoms with E-state index in [0.29, 0.717) is 5.92 Å². The third-order valence-electron chi connectivity index (χ3n) is 2.57. The molecule has 0 saturated carbocycles. The van der Waals surface area contributed by atoms with Crippen LogP contribution in [0.15, 0.2) is 18.2 Å². The van der Waals surface area contributed by atoms with Crippen LogP contribution in [-0.2, 0) is 0 Å². The van der Waals surface area contributed by atoms with Crippen molar-refractivity contribution >= 4 is 17.5 Å². The summed E-state index contributed by atoms with van der Waals surface area (Å²) >= 11 is 1.42. The van der Waals surface area contributed by atoms with Crippen LogP contribution in [0.2, 0.25) is 0 Å². The largest absolute Gasteiger partial charge is 0.293 e. The van der Waals surface area contributed by atoms with Crippen molar-refractivity contribution in [1.29, 1.82) is 0 Å². The fraction of sp³-hybridized carbons (Fsp3) is 0.462. The third kappa shape index (κ3) is 4.11. The molecule has 1 aromatic carbocycles. The van der Waals surface area contributed by atoms with Gasteiger partial charge in [-0.25, -0.2) is 8.78 Å². The third-order valence-corrected chi connectivity index (χ3v) is 3.85. The highest BCUT2D eigenvalue weighted by Crippen LogP contribution is 2.17. The van der Waals surface area contributed by atoms with Gasteiger partial charge in [-0.2, -0.15) is 11.8 Å². The highest BCUT2D eigenvalue weighted by atomic mass is 32.2. The summed E-state index contributed by atoms with van der Waals surface area (Å²) in [5.74, 6) is -0.564. The summed E-state index contributed by atoms with van der Waals surface area (Å²) in [6.07, 6.45) is 1.04. The van der Waals surface area contributed by atoms with Crippen molar-refractivity contribution in [2.75, 3.05) is 11.5 Å². The molecule has 1 atom stereocenters. The monoisotopic (exact) mass is 258 g/mol. The molecule has 0 amide bonds. The molecule has 0 heterocycles. The Kier molecular flexibility index (Phi) is 5.62. The number of carbonyl (C=O) groups excluding carboxylic acids is 1. The van der Waals surface area contributed by atoms with E-state index in [9.17, 15) is 13.6 Å². The van der Waals surface area contributed by atoms with Crippen molar-refractivity contribution in [1.82, 2.24) is 0 Å². The van der Waals surface area contributed by atoms with Gasteiger partial charge in [0.05, 0.1) is 11.3 Å². The van der Waals surface area contributed by atoms with Gasteiger partial charge in [-0.15, -0.1) is 0 Å². The van der Waals surface area contributed by atoms with Crippen LogP contribution in [0, 0.1) is 17.6 Å². The SMILES string of the molecule is CCC(C)CSCC(=O)c1c(F)cccc1F. The summed E-state index contributed by atoms with van der Waals surface area (Å²) in [5, 5.41) is 0. The van der Waals surface area contributed by atoms with E-state index < -0.39 is 23.0 Å². The lowest BCUT2D eigenvalue weighted by Gasteiger charge is -2.07. The Labute approximate surface area is 105 Å². The second kappa shape index (κ2) is 6.74. The predicted molar refractivity (Wildman–Crippen MR) is 67.5 cm³/mol. The number of rotatable bonds is 6. The van der Waals surface area contributed by atoms with E-state index in [0.717, 1.165) is 24.3 Å². The van der Waals surface area contributed by atoms with Gasteiger partial charge >= 0.3 is 0 Å². The molecular weight excluding hydrogens is 242 g/mol. The molecule has 0 N–H and O–H groups in total. The van der Waals surface area contributed by atoms with E-state index in [1.54, 1.807) is 0 Å². The maximum atomic E-state index is 13.3. The fourth-order valence-electron chi connectivity index (χ4n) is 1.31. The predicted octanol–water partition coefficient (Wildman–Crippen LogP) is 3.93. The van der Waals surface area contributed by atoms with E-state index in [1.807, 2.05) is 0 Å². The molecule has 94 valence electrons. The second-order valence-corrected chi connectivity index (χ2v) is 5.08. The van der Waals surface area contributed by atoms with E-state index >= 15 is 0 Å². The Bertz CT molecular complexity index is 373. The van der Waals surface area contributed by atoms with Crippen molar-refractivity contribution in [2.24, 2.45) is 5.92 Å². The molecule has 0 radical (unpaired) electrons. The molecule has 1 rings (SSSR count). The average Bonchev–Trinajstić information content (AvgIpc) is 2.28. The molecule has 17 heavy (non-hydrogen) atoms. The van der Waals surface area contributed by atoms with Gasteiger partial charge in [0.2, 0.25) is 0 Å². The van der Waals surface area contributed by atoms with Crippen molar-refractivity contribution < 1.29 is 13.6 Å². The fourth-order valence-corrected chi connectivity index (χ4v) is 2.39. The zero-order valence-corrected chi connectivity index (χ0v) is 10.8. The lowest BCUT2D eigenvalue weighted by Crippen LogP contribution is -2.10. The van der Waals surface area contributed by atoms with Crippen LogP contribution in [0.1, 0.15) is 30.6 Å². The lowest BCUT2D eigenvalue weighted by atomic mass is 10.1. The molecule has 4 heteroatoms. The maximum absolute atomic E-state index is 13.3. The van der Waals surface area contributed by atoms with Crippen LogP contribution in [0.4, 0.5) is 8.78 Å². The Morgan fingerprint density at radius 2 is 1.94 bits per heavy atom. The quantitative estimate of drug-likeness (QED) is 0.719. The maximum Gasteiger partial charge on any atom is 0.178 e. The number of benzene rings is 1. The minimum absolute atomic E-state index is 0.127. The first-order valence-electron chi connectivity index (χ1n) is 5.61. The van der Waals surface area contributed by atoms with Crippen LogP contribution in [0.3, 0.4) is 0 Å². The molecular formula is C13H16F2OS. The van der Waals surface area contributed by atoms with Gasteiger partial charge in [-0.1, -0.05) is 26.3 Å². The Morgan fingerprint density at radius 1 is 1.35 bits per heavy atom. The normalized spacial score (nSPS) is 12.5. The standard InChI is InChI=1S/C13H16F2OS/c1-3-9(2)7-17-8-12(16)13-10(14)5-4-6-11(13)15/h4-6,9H,3,7-8H2,1-2H3. The number of ketones is 1. The van der Waals surface area contributed by atoms with Gasteiger partial charge in [0.15, 0.2) is 5.78 Å². The van der Waals surface area contributed by atoms with Crippen molar-refractivity contribution in [3.05, 3.63) is 35.4 Å². The highest BCUT2D eigenvalue weighted by Gasteiger charge is 2.16. The summed E-state index contributed by atoms with van der Waals surface area (Å²) in [7, 11) is 0. The first kappa shape index (κ1) is 14.2. The van der Waals surface area contributed by atoms with Gasteiger partial charge in [-0.05, 0) is 23.8 Å². The molecule has 0 fully saturated rings. The summed E-state index contributed by atoms with van der Waals surface area (Å²) in [5.41, 5.74) is -0.413. The van der Waals surface area contributed by atoms with Crippen LogP contribution in [0.5, 0.6) is 0 Å². The number of carbonyl (C=O) groups is 1. The smallest absolute Gasteiger partial charge is 0.178 e. The van der Waals surface area contributed by atoms with E-state index in [4.69, 9.17) is 0 Å². The number of hydrogen-bond donors (Lipinski definition) is 0. The molecule has 0 aliphatic heterocycles. The number of Topliss-reactive ketones (excluding diaryl/α,β-unsaturated/α-hetero) is 1. The molecule has 1 aromatic rings. The molecule has 1 unspecified atom stereocenters. The van der Waals surface area contributed by atoms with Crippen LogP contribution in [0.25, 0.3) is 0 Å². The molecule has 0 aliphatic carbocycles. The van der Waals surface area contributed by atoms with Crippen molar-refractivity contribution in [3.63, 3.8) is 0 Å². The Hall–Kier alpha value is -0.900. The molecule has 0 spiro atoms. The molecule has 0 aliphatic rings. The molecule has 0 aromatic heterocycles. The Balaban J connectivity index is 2.59. The van der Waals surface area contributed by atoms with E-state index in [1.165, 1.54) is 17.8 Å². The van der Waals surface area contributed by atoms with Crippen molar-refractivity contribution in [3.8, 4) is 0 Å². The average molecular weight is 258 g/mol. The minimum Gasteiger partial charge on any atom is -0.293 e. The zero-order chi connectivity index (χ0) is 12.8.